The van der Waals surface area contributed by atoms with E-state index in [1.165, 1.54) is 0 Å². The van der Waals surface area contributed by atoms with Gasteiger partial charge >= 0.3 is 0 Å². The van der Waals surface area contributed by atoms with E-state index in [2.05, 4.69) is 25.4 Å². The average molecular weight is 375 g/mol. The molecule has 1 aromatic carbocycles. The molecule has 0 amide bonds. The van der Waals surface area contributed by atoms with E-state index in [9.17, 15) is 0 Å². The molecule has 0 aliphatic carbocycles. The molecule has 0 aliphatic rings. The van der Waals surface area contributed by atoms with Crippen molar-refractivity contribution in [2.45, 2.75) is 13.5 Å². The molecule has 5 rings (SSSR count). The van der Waals surface area contributed by atoms with Crippen molar-refractivity contribution in [1.82, 2.24) is 39.7 Å². The molecular weight excluding hydrogens is 358 g/mol. The molecule has 0 spiro atoms. The number of hydrogen-bond acceptors (Lipinski definition) is 8. The predicted octanol–water partition coefficient (Wildman–Crippen LogP) is 2.01. The lowest BCUT2D eigenvalue weighted by Crippen LogP contribution is -2.20. The molecule has 0 fully saturated rings. The Balaban J connectivity index is 1.70. The zero-order valence-electron chi connectivity index (χ0n) is 15.6. The number of aromatic nitrogens is 8. The molecule has 10 heteroatoms. The number of rotatable bonds is 4. The summed E-state index contributed by atoms with van der Waals surface area (Å²) in [5.41, 5.74) is 1.26. The zero-order valence-corrected chi connectivity index (χ0v) is 15.6. The normalized spacial score (nSPS) is 11.5. The lowest BCUT2D eigenvalue weighted by Gasteiger charge is -2.18. The topological polar surface area (TPSA) is 103 Å². The van der Waals surface area contributed by atoms with Crippen molar-refractivity contribution in [3.63, 3.8) is 0 Å². The maximum Gasteiger partial charge on any atom is 0.207 e. The van der Waals surface area contributed by atoms with Crippen LogP contribution in [0.15, 0.2) is 41.2 Å². The highest BCUT2D eigenvalue weighted by molar-refractivity contribution is 6.00. The molecule has 10 nitrogen and oxygen atoms in total. The van der Waals surface area contributed by atoms with Crippen LogP contribution in [0.1, 0.15) is 11.6 Å². The maximum absolute atomic E-state index is 5.20. The Labute approximate surface area is 159 Å². The van der Waals surface area contributed by atoms with E-state index in [0.717, 1.165) is 16.6 Å². The summed E-state index contributed by atoms with van der Waals surface area (Å²) in [6.07, 6.45) is 1.68. The van der Waals surface area contributed by atoms with Gasteiger partial charge in [-0.25, -0.2) is 4.98 Å². The number of anilines is 1. The summed E-state index contributed by atoms with van der Waals surface area (Å²) in [6.45, 7) is 2.35. The van der Waals surface area contributed by atoms with Gasteiger partial charge in [0.25, 0.3) is 0 Å². The monoisotopic (exact) mass is 375 g/mol. The molecule has 0 atom stereocenters. The molecule has 0 saturated carbocycles. The van der Waals surface area contributed by atoms with E-state index < -0.39 is 0 Å². The molecule has 0 aliphatic heterocycles. The van der Waals surface area contributed by atoms with Gasteiger partial charge in [-0.2, -0.15) is 9.61 Å². The van der Waals surface area contributed by atoms with Crippen LogP contribution in [0.3, 0.4) is 0 Å². The molecule has 0 N–H and O–H groups in total. The van der Waals surface area contributed by atoms with Crippen LogP contribution < -0.4 is 4.90 Å². The third-order valence-electron chi connectivity index (χ3n) is 4.49. The maximum atomic E-state index is 5.20. The lowest BCUT2D eigenvalue weighted by atomic mass is 10.1. The smallest absolute Gasteiger partial charge is 0.207 e. The largest absolute Gasteiger partial charge is 0.361 e. The van der Waals surface area contributed by atoms with Crippen molar-refractivity contribution in [2.75, 3.05) is 11.9 Å². The van der Waals surface area contributed by atoms with Gasteiger partial charge in [0, 0.05) is 30.9 Å². The molecule has 4 aromatic heterocycles. The molecule has 5 aromatic rings. The Morgan fingerprint density at radius 1 is 1.11 bits per heavy atom. The third-order valence-corrected chi connectivity index (χ3v) is 4.49. The summed E-state index contributed by atoms with van der Waals surface area (Å²) in [6, 6.07) is 9.80. The van der Waals surface area contributed by atoms with Crippen LogP contribution in [0.25, 0.3) is 27.9 Å². The highest BCUT2D eigenvalue weighted by atomic mass is 16.5. The molecule has 140 valence electrons. The first kappa shape index (κ1) is 16.4. The second-order valence-electron chi connectivity index (χ2n) is 6.64. The van der Waals surface area contributed by atoms with Crippen molar-refractivity contribution >= 4 is 22.2 Å². The number of benzene rings is 1. The first-order valence-corrected chi connectivity index (χ1v) is 8.73. The van der Waals surface area contributed by atoms with E-state index in [0.29, 0.717) is 35.3 Å². The summed E-state index contributed by atoms with van der Waals surface area (Å²) in [7, 11) is 3.81. The minimum atomic E-state index is 0.518. The molecular formula is C18H17N9O. The van der Waals surface area contributed by atoms with E-state index in [4.69, 9.17) is 9.62 Å². The molecule has 0 saturated heterocycles. The van der Waals surface area contributed by atoms with E-state index in [-0.39, 0.29) is 0 Å². The van der Waals surface area contributed by atoms with Crippen LogP contribution in [0.5, 0.6) is 0 Å². The third kappa shape index (κ3) is 2.57. The quantitative estimate of drug-likeness (QED) is 0.470. The fourth-order valence-electron chi connectivity index (χ4n) is 3.22. The number of nitrogens with zero attached hydrogens (tertiary/aromatic N) is 9. The molecule has 0 unspecified atom stereocenters. The average Bonchev–Trinajstić information content (AvgIpc) is 3.40. The minimum Gasteiger partial charge on any atom is -0.361 e. The summed E-state index contributed by atoms with van der Waals surface area (Å²) < 4.78 is 8.58. The van der Waals surface area contributed by atoms with Gasteiger partial charge in [0.15, 0.2) is 23.0 Å². The van der Waals surface area contributed by atoms with Crippen LogP contribution in [0, 0.1) is 6.92 Å². The Morgan fingerprint density at radius 3 is 2.64 bits per heavy atom. The second-order valence-corrected chi connectivity index (χ2v) is 6.64. The summed E-state index contributed by atoms with van der Waals surface area (Å²) in [4.78, 5) is 6.32. The predicted molar refractivity (Wildman–Crippen MR) is 102 cm³/mol. The van der Waals surface area contributed by atoms with Gasteiger partial charge in [0.2, 0.25) is 5.82 Å². The van der Waals surface area contributed by atoms with Gasteiger partial charge in [0.05, 0.1) is 6.54 Å². The van der Waals surface area contributed by atoms with Crippen LogP contribution in [-0.2, 0) is 13.6 Å². The standard InChI is InChI=1S/C18H17N9O/c1-11-8-14(24-28-11)18-21-20-16-12-6-4-5-7-13(12)17(23-27(16)18)25(2)9-15-19-10-26(3)22-15/h4-8,10H,9H2,1-3H3. The zero-order chi connectivity index (χ0) is 19.3. The molecule has 0 bridgehead atoms. The van der Waals surface area contributed by atoms with Gasteiger partial charge in [-0.15, -0.1) is 15.3 Å². The minimum absolute atomic E-state index is 0.518. The van der Waals surface area contributed by atoms with E-state index in [1.54, 1.807) is 15.5 Å². The van der Waals surface area contributed by atoms with Crippen LogP contribution in [0.2, 0.25) is 0 Å². The summed E-state index contributed by atoms with van der Waals surface area (Å²) in [5, 5.41) is 23.8. The second kappa shape index (κ2) is 6.12. The summed E-state index contributed by atoms with van der Waals surface area (Å²) >= 11 is 0. The van der Waals surface area contributed by atoms with Gasteiger partial charge in [0.1, 0.15) is 12.1 Å². The number of aryl methyl sites for hydroxylation is 2. The van der Waals surface area contributed by atoms with Crippen molar-refractivity contribution < 1.29 is 4.52 Å². The van der Waals surface area contributed by atoms with Gasteiger partial charge in [-0.05, 0) is 6.92 Å². The number of hydrogen-bond donors (Lipinski definition) is 0. The Bertz CT molecular complexity index is 1300. The fourth-order valence-corrected chi connectivity index (χ4v) is 3.22. The van der Waals surface area contributed by atoms with Gasteiger partial charge in [-0.1, -0.05) is 29.4 Å². The highest BCUT2D eigenvalue weighted by Gasteiger charge is 2.19. The highest BCUT2D eigenvalue weighted by Crippen LogP contribution is 2.29. The van der Waals surface area contributed by atoms with E-state index >= 15 is 0 Å². The first-order valence-electron chi connectivity index (χ1n) is 8.73. The molecule has 0 radical (unpaired) electrons. The van der Waals surface area contributed by atoms with Gasteiger partial charge < -0.3 is 9.42 Å². The Hall–Kier alpha value is -3.82. The van der Waals surface area contributed by atoms with Crippen molar-refractivity contribution in [1.29, 1.82) is 0 Å². The van der Waals surface area contributed by atoms with E-state index in [1.807, 2.05) is 56.3 Å². The molecule has 4 heterocycles. The summed E-state index contributed by atoms with van der Waals surface area (Å²) in [5.74, 6) is 2.72. The molecule has 28 heavy (non-hydrogen) atoms. The van der Waals surface area contributed by atoms with Crippen LogP contribution in [-0.4, -0.2) is 46.8 Å². The van der Waals surface area contributed by atoms with Crippen molar-refractivity contribution in [3.05, 3.63) is 48.2 Å². The Morgan fingerprint density at radius 2 is 1.93 bits per heavy atom. The number of fused-ring (bicyclic) bond motifs is 3. The van der Waals surface area contributed by atoms with Crippen molar-refractivity contribution in [3.8, 4) is 11.5 Å². The van der Waals surface area contributed by atoms with Crippen molar-refractivity contribution in [2.24, 2.45) is 7.05 Å². The lowest BCUT2D eigenvalue weighted by molar-refractivity contribution is 0.399. The SMILES string of the molecule is Cc1cc(-c2nnc3c4ccccc4c(N(C)Cc4ncn(C)n4)nn23)no1. The van der Waals surface area contributed by atoms with Crippen LogP contribution >= 0.6 is 0 Å². The van der Waals surface area contributed by atoms with Gasteiger partial charge in [-0.3, -0.25) is 4.68 Å². The first-order chi connectivity index (χ1) is 13.6. The fraction of sp³-hybridized carbons (Fsp3) is 0.222. The van der Waals surface area contributed by atoms with Crippen LogP contribution in [0.4, 0.5) is 5.82 Å². The Kier molecular flexibility index (Phi) is 3.57.